The Morgan fingerprint density at radius 3 is 2.35 bits per heavy atom. The number of hydrogen-bond donors (Lipinski definition) is 0. The Morgan fingerprint density at radius 2 is 1.80 bits per heavy atom. The second-order valence-electron chi connectivity index (χ2n) is 6.39. The maximum atomic E-state index is 8.97. The molecule has 0 aromatic heterocycles. The van der Waals surface area contributed by atoms with Gasteiger partial charge in [0.2, 0.25) is 0 Å². The molecule has 1 aliphatic rings. The smallest absolute Gasteiger partial charge is 0.0655 e. The zero-order chi connectivity index (χ0) is 14.4. The molecular weight excluding hydrogens is 242 g/mol. The third-order valence-electron chi connectivity index (χ3n) is 4.88. The van der Waals surface area contributed by atoms with Crippen LogP contribution in [0.25, 0.3) is 0 Å². The van der Waals surface area contributed by atoms with E-state index >= 15 is 0 Å². The lowest BCUT2D eigenvalue weighted by Crippen LogP contribution is -2.11. The molecule has 1 aliphatic carbocycles. The van der Waals surface area contributed by atoms with E-state index in [1.807, 2.05) is 0 Å². The zero-order valence-electron chi connectivity index (χ0n) is 12.9. The van der Waals surface area contributed by atoms with Crippen molar-refractivity contribution < 1.29 is 0 Å². The Kier molecular flexibility index (Phi) is 5.65. The van der Waals surface area contributed by atoms with Gasteiger partial charge in [0, 0.05) is 5.92 Å². The van der Waals surface area contributed by atoms with Gasteiger partial charge >= 0.3 is 0 Å². The maximum absolute atomic E-state index is 8.97. The second kappa shape index (κ2) is 7.48. The zero-order valence-corrected chi connectivity index (χ0v) is 12.9. The van der Waals surface area contributed by atoms with E-state index in [2.05, 4.69) is 44.2 Å². The summed E-state index contributed by atoms with van der Waals surface area (Å²) in [5, 5.41) is 8.97. The molecule has 1 saturated carbocycles. The highest BCUT2D eigenvalue weighted by molar-refractivity contribution is 5.28. The lowest BCUT2D eigenvalue weighted by Gasteiger charge is -2.25. The summed E-state index contributed by atoms with van der Waals surface area (Å²) >= 11 is 0. The number of rotatable bonds is 5. The van der Waals surface area contributed by atoms with Crippen molar-refractivity contribution in [1.82, 2.24) is 0 Å². The van der Waals surface area contributed by atoms with Crippen LogP contribution in [0, 0.1) is 17.2 Å². The Labute approximate surface area is 124 Å². The SMILES string of the molecule is CCCCC(C)c1ccc(C2CCC(C#N)CC2)cc1. The number of nitriles is 1. The fourth-order valence-electron chi connectivity index (χ4n) is 3.33. The molecule has 2 rings (SSSR count). The highest BCUT2D eigenvalue weighted by Crippen LogP contribution is 2.36. The van der Waals surface area contributed by atoms with Crippen molar-refractivity contribution in [2.45, 2.75) is 70.6 Å². The first-order valence-corrected chi connectivity index (χ1v) is 8.24. The molecule has 0 radical (unpaired) electrons. The summed E-state index contributed by atoms with van der Waals surface area (Å²) < 4.78 is 0. The van der Waals surface area contributed by atoms with Crippen LogP contribution in [0.5, 0.6) is 0 Å². The average Bonchev–Trinajstić information content (AvgIpc) is 2.53. The van der Waals surface area contributed by atoms with Crippen molar-refractivity contribution in [3.63, 3.8) is 0 Å². The third kappa shape index (κ3) is 3.85. The summed E-state index contributed by atoms with van der Waals surface area (Å²) in [6.45, 7) is 4.59. The molecule has 20 heavy (non-hydrogen) atoms. The standard InChI is InChI=1S/C19H27N/c1-3-4-5-15(2)17-10-12-19(13-11-17)18-8-6-16(14-20)7-9-18/h10-13,15-16,18H,3-9H2,1-2H3. The van der Waals surface area contributed by atoms with E-state index in [0.717, 1.165) is 12.8 Å². The van der Waals surface area contributed by atoms with Gasteiger partial charge in [-0.2, -0.15) is 5.26 Å². The van der Waals surface area contributed by atoms with Crippen LogP contribution in [-0.4, -0.2) is 0 Å². The summed E-state index contributed by atoms with van der Waals surface area (Å²) in [5.41, 5.74) is 2.96. The Bertz CT molecular complexity index is 432. The van der Waals surface area contributed by atoms with E-state index in [4.69, 9.17) is 5.26 Å². The molecule has 0 aliphatic heterocycles. The van der Waals surface area contributed by atoms with Gasteiger partial charge in [0.25, 0.3) is 0 Å². The van der Waals surface area contributed by atoms with Crippen LogP contribution in [0.15, 0.2) is 24.3 Å². The lowest BCUT2D eigenvalue weighted by molar-refractivity contribution is 0.382. The molecule has 1 aromatic carbocycles. The van der Waals surface area contributed by atoms with Crippen LogP contribution in [-0.2, 0) is 0 Å². The highest BCUT2D eigenvalue weighted by Gasteiger charge is 2.22. The molecule has 1 heteroatoms. The molecule has 0 N–H and O–H groups in total. The van der Waals surface area contributed by atoms with E-state index in [1.165, 1.54) is 43.2 Å². The van der Waals surface area contributed by atoms with Crippen molar-refractivity contribution in [2.75, 3.05) is 0 Å². The van der Waals surface area contributed by atoms with Crippen molar-refractivity contribution in [2.24, 2.45) is 5.92 Å². The minimum absolute atomic E-state index is 0.305. The van der Waals surface area contributed by atoms with Crippen molar-refractivity contribution in [3.8, 4) is 6.07 Å². The first-order valence-electron chi connectivity index (χ1n) is 8.24. The van der Waals surface area contributed by atoms with Gasteiger partial charge in [0.05, 0.1) is 6.07 Å². The third-order valence-corrected chi connectivity index (χ3v) is 4.88. The molecule has 0 bridgehead atoms. The molecule has 0 amide bonds. The molecule has 108 valence electrons. The second-order valence-corrected chi connectivity index (χ2v) is 6.39. The van der Waals surface area contributed by atoms with Crippen LogP contribution in [0.1, 0.15) is 81.8 Å². The first-order chi connectivity index (χ1) is 9.74. The number of nitrogens with zero attached hydrogens (tertiary/aromatic N) is 1. The number of benzene rings is 1. The largest absolute Gasteiger partial charge is 0.198 e. The van der Waals surface area contributed by atoms with E-state index in [9.17, 15) is 0 Å². The fourth-order valence-corrected chi connectivity index (χ4v) is 3.33. The Hall–Kier alpha value is -1.29. The lowest BCUT2D eigenvalue weighted by atomic mass is 9.79. The summed E-state index contributed by atoms with van der Waals surface area (Å²) in [7, 11) is 0. The predicted octanol–water partition coefficient (Wildman–Crippen LogP) is 5.78. The predicted molar refractivity (Wildman–Crippen MR) is 84.7 cm³/mol. The molecule has 1 fully saturated rings. The first kappa shape index (κ1) is 15.1. The van der Waals surface area contributed by atoms with Crippen LogP contribution >= 0.6 is 0 Å². The van der Waals surface area contributed by atoms with Gasteiger partial charge < -0.3 is 0 Å². The molecule has 1 atom stereocenters. The van der Waals surface area contributed by atoms with Crippen LogP contribution in [0.4, 0.5) is 0 Å². The van der Waals surface area contributed by atoms with Gasteiger partial charge in [-0.1, -0.05) is 51.0 Å². The molecule has 1 nitrogen and oxygen atoms in total. The quantitative estimate of drug-likeness (QED) is 0.665. The van der Waals surface area contributed by atoms with Crippen molar-refractivity contribution >= 4 is 0 Å². The van der Waals surface area contributed by atoms with Crippen LogP contribution in [0.2, 0.25) is 0 Å². The van der Waals surface area contributed by atoms with Crippen LogP contribution in [0.3, 0.4) is 0 Å². The van der Waals surface area contributed by atoms with Gasteiger partial charge in [-0.15, -0.1) is 0 Å². The number of unbranched alkanes of at least 4 members (excludes halogenated alkanes) is 1. The molecule has 1 aromatic rings. The van der Waals surface area contributed by atoms with E-state index in [1.54, 1.807) is 0 Å². The molecule has 1 unspecified atom stereocenters. The fraction of sp³-hybridized carbons (Fsp3) is 0.632. The van der Waals surface area contributed by atoms with Gasteiger partial charge in [0.1, 0.15) is 0 Å². The topological polar surface area (TPSA) is 23.8 Å². The van der Waals surface area contributed by atoms with Crippen LogP contribution < -0.4 is 0 Å². The minimum Gasteiger partial charge on any atom is -0.198 e. The van der Waals surface area contributed by atoms with Gasteiger partial charge in [0.15, 0.2) is 0 Å². The number of hydrogen-bond acceptors (Lipinski definition) is 1. The maximum Gasteiger partial charge on any atom is 0.0655 e. The molecule has 0 spiro atoms. The normalized spacial score (nSPS) is 24.1. The highest BCUT2D eigenvalue weighted by atomic mass is 14.3. The van der Waals surface area contributed by atoms with Crippen molar-refractivity contribution in [3.05, 3.63) is 35.4 Å². The molecule has 0 heterocycles. The van der Waals surface area contributed by atoms with Crippen molar-refractivity contribution in [1.29, 1.82) is 5.26 Å². The monoisotopic (exact) mass is 269 g/mol. The minimum atomic E-state index is 0.305. The van der Waals surface area contributed by atoms with Gasteiger partial charge in [-0.25, -0.2) is 0 Å². The van der Waals surface area contributed by atoms with Gasteiger partial charge in [-0.05, 0) is 55.1 Å². The summed E-state index contributed by atoms with van der Waals surface area (Å²) in [5.74, 6) is 1.66. The summed E-state index contributed by atoms with van der Waals surface area (Å²) in [4.78, 5) is 0. The molecular formula is C19H27N. The summed E-state index contributed by atoms with van der Waals surface area (Å²) in [6, 6.07) is 11.7. The van der Waals surface area contributed by atoms with E-state index < -0.39 is 0 Å². The van der Waals surface area contributed by atoms with E-state index in [-0.39, 0.29) is 0 Å². The Morgan fingerprint density at radius 1 is 1.15 bits per heavy atom. The van der Waals surface area contributed by atoms with Gasteiger partial charge in [-0.3, -0.25) is 0 Å². The Balaban J connectivity index is 1.93. The van der Waals surface area contributed by atoms with E-state index in [0.29, 0.717) is 17.8 Å². The summed E-state index contributed by atoms with van der Waals surface area (Å²) in [6.07, 6.45) is 8.42. The molecule has 0 saturated heterocycles. The average molecular weight is 269 g/mol.